The second-order valence-corrected chi connectivity index (χ2v) is 7.64. The van der Waals surface area contributed by atoms with E-state index in [0.717, 1.165) is 25.0 Å². The molecular weight excluding hydrogens is 463 g/mol. The van der Waals surface area contributed by atoms with Crippen LogP contribution in [0.15, 0.2) is 36.4 Å². The predicted octanol–water partition coefficient (Wildman–Crippen LogP) is 4.53. The summed E-state index contributed by atoms with van der Waals surface area (Å²) in [6.45, 7) is 0.671. The third-order valence-corrected chi connectivity index (χ3v) is 4.95. The Kier molecular flexibility index (Phi) is 9.36. The molecule has 170 valence electrons. The van der Waals surface area contributed by atoms with E-state index in [9.17, 15) is 29.8 Å². The summed E-state index contributed by atoms with van der Waals surface area (Å²) in [4.78, 5) is 45.1. The first kappa shape index (κ1) is 25.0. The van der Waals surface area contributed by atoms with Gasteiger partial charge in [0.15, 0.2) is 0 Å². The number of hydrogen-bond donors (Lipinski definition) is 2. The van der Waals surface area contributed by atoms with E-state index in [-0.39, 0.29) is 32.5 Å². The van der Waals surface area contributed by atoms with Crippen LogP contribution in [0.1, 0.15) is 46.4 Å². The lowest BCUT2D eigenvalue weighted by Gasteiger charge is -2.07. The number of unbranched alkanes of at least 4 members (excludes halogenated alkanes) is 3. The molecule has 10 nitrogen and oxygen atoms in total. The van der Waals surface area contributed by atoms with Crippen LogP contribution in [0.4, 0.5) is 11.4 Å². The molecule has 0 fully saturated rings. The highest BCUT2D eigenvalue weighted by atomic mass is 35.5. The number of nitrogens with one attached hydrogen (secondary N) is 2. The van der Waals surface area contributed by atoms with Gasteiger partial charge < -0.3 is 10.6 Å². The van der Waals surface area contributed by atoms with E-state index in [2.05, 4.69) is 10.6 Å². The molecule has 0 aromatic heterocycles. The average Bonchev–Trinajstić information content (AvgIpc) is 2.74. The second-order valence-electron chi connectivity index (χ2n) is 6.76. The molecule has 0 saturated carbocycles. The Labute approximate surface area is 193 Å². The van der Waals surface area contributed by atoms with Crippen LogP contribution < -0.4 is 10.6 Å². The van der Waals surface area contributed by atoms with Crippen LogP contribution in [-0.2, 0) is 0 Å². The molecule has 2 aromatic carbocycles. The maximum atomic E-state index is 12.2. The average molecular weight is 483 g/mol. The number of amides is 2. The lowest BCUT2D eigenvalue weighted by molar-refractivity contribution is -0.385. The van der Waals surface area contributed by atoms with E-state index >= 15 is 0 Å². The van der Waals surface area contributed by atoms with E-state index in [1.165, 1.54) is 24.3 Å². The van der Waals surface area contributed by atoms with Crippen LogP contribution in [0.5, 0.6) is 0 Å². The van der Waals surface area contributed by atoms with Gasteiger partial charge in [-0.2, -0.15) is 0 Å². The summed E-state index contributed by atoms with van der Waals surface area (Å²) in [5.41, 5.74) is -0.824. The largest absolute Gasteiger partial charge is 0.352 e. The summed E-state index contributed by atoms with van der Waals surface area (Å²) in [5, 5.41) is 27.7. The summed E-state index contributed by atoms with van der Waals surface area (Å²) >= 11 is 11.5. The zero-order valence-electron chi connectivity index (χ0n) is 16.8. The van der Waals surface area contributed by atoms with Gasteiger partial charge in [-0.25, -0.2) is 0 Å². The summed E-state index contributed by atoms with van der Waals surface area (Å²) in [5.74, 6) is -1.10. The smallest absolute Gasteiger partial charge is 0.283 e. The van der Waals surface area contributed by atoms with E-state index in [0.29, 0.717) is 25.9 Å². The molecule has 0 spiro atoms. The van der Waals surface area contributed by atoms with E-state index < -0.39 is 21.7 Å². The minimum atomic E-state index is -0.659. The van der Waals surface area contributed by atoms with Gasteiger partial charge in [0.05, 0.1) is 9.85 Å². The Morgan fingerprint density at radius 1 is 0.719 bits per heavy atom. The van der Waals surface area contributed by atoms with Crippen LogP contribution in [0, 0.1) is 20.2 Å². The van der Waals surface area contributed by atoms with E-state index in [1.54, 1.807) is 0 Å². The zero-order valence-corrected chi connectivity index (χ0v) is 18.3. The topological polar surface area (TPSA) is 144 Å². The molecule has 0 saturated heterocycles. The SMILES string of the molecule is O=C(NCCCCCCNC(=O)c1ccc(Cl)cc1[N+](=O)[O-])c1ccc(Cl)cc1[N+](=O)[O-]. The molecule has 0 atom stereocenters. The number of nitro benzene ring substituents is 2. The molecule has 0 radical (unpaired) electrons. The number of nitro groups is 2. The molecule has 2 amide bonds. The zero-order chi connectivity index (χ0) is 23.7. The Hall–Kier alpha value is -3.24. The maximum Gasteiger partial charge on any atom is 0.283 e. The monoisotopic (exact) mass is 482 g/mol. The molecule has 0 heterocycles. The van der Waals surface area contributed by atoms with Gasteiger partial charge in [-0.05, 0) is 37.1 Å². The van der Waals surface area contributed by atoms with Crippen molar-refractivity contribution in [3.8, 4) is 0 Å². The summed E-state index contributed by atoms with van der Waals surface area (Å²) in [6.07, 6.45) is 2.79. The predicted molar refractivity (Wildman–Crippen MR) is 119 cm³/mol. The fourth-order valence-electron chi connectivity index (χ4n) is 2.89. The highest BCUT2D eigenvalue weighted by Gasteiger charge is 2.21. The fraction of sp³-hybridized carbons (Fsp3) is 0.300. The quantitative estimate of drug-likeness (QED) is 0.273. The second kappa shape index (κ2) is 12.0. The third kappa shape index (κ3) is 7.17. The first-order chi connectivity index (χ1) is 15.2. The van der Waals surface area contributed by atoms with Gasteiger partial charge in [0, 0.05) is 35.3 Å². The molecule has 0 unspecified atom stereocenters. The van der Waals surface area contributed by atoms with Gasteiger partial charge >= 0.3 is 0 Å². The minimum Gasteiger partial charge on any atom is -0.352 e. The fourth-order valence-corrected chi connectivity index (χ4v) is 3.23. The van der Waals surface area contributed by atoms with Gasteiger partial charge in [-0.3, -0.25) is 29.8 Å². The Bertz CT molecular complexity index is 950. The molecule has 0 aliphatic carbocycles. The number of benzene rings is 2. The van der Waals surface area contributed by atoms with Crippen LogP contribution >= 0.6 is 23.2 Å². The van der Waals surface area contributed by atoms with Crippen molar-refractivity contribution in [2.24, 2.45) is 0 Å². The molecular formula is C20H20Cl2N4O6. The number of hydrogen-bond acceptors (Lipinski definition) is 6. The maximum absolute atomic E-state index is 12.2. The Morgan fingerprint density at radius 2 is 1.09 bits per heavy atom. The molecule has 12 heteroatoms. The van der Waals surface area contributed by atoms with Gasteiger partial charge in [-0.1, -0.05) is 36.0 Å². The summed E-state index contributed by atoms with van der Waals surface area (Å²) in [6, 6.07) is 7.70. The first-order valence-corrected chi connectivity index (χ1v) is 10.4. The number of halogens is 2. The van der Waals surface area contributed by atoms with Crippen molar-refractivity contribution in [3.63, 3.8) is 0 Å². The van der Waals surface area contributed by atoms with Crippen molar-refractivity contribution in [1.82, 2.24) is 10.6 Å². The van der Waals surface area contributed by atoms with Crippen LogP contribution in [-0.4, -0.2) is 34.8 Å². The number of carbonyl (C=O) groups is 2. The summed E-state index contributed by atoms with van der Waals surface area (Å²) in [7, 11) is 0. The van der Waals surface area contributed by atoms with Gasteiger partial charge in [0.1, 0.15) is 11.1 Å². The molecule has 32 heavy (non-hydrogen) atoms. The number of rotatable bonds is 11. The van der Waals surface area contributed by atoms with E-state index in [1.807, 2.05) is 0 Å². The standard InChI is InChI=1S/C20H20Cl2N4O6/c21-13-5-7-15(17(11-13)25(29)30)19(27)23-9-3-1-2-4-10-24-20(28)16-8-6-14(22)12-18(16)26(31)32/h5-8,11-12H,1-4,9-10H2,(H,23,27)(H,24,28). The normalized spacial score (nSPS) is 10.4. The molecule has 2 N–H and O–H groups in total. The van der Waals surface area contributed by atoms with Gasteiger partial charge in [-0.15, -0.1) is 0 Å². The molecule has 2 aromatic rings. The number of nitrogens with zero attached hydrogens (tertiary/aromatic N) is 2. The van der Waals surface area contributed by atoms with Crippen LogP contribution in [0.3, 0.4) is 0 Å². The van der Waals surface area contributed by atoms with Crippen molar-refractivity contribution in [2.45, 2.75) is 25.7 Å². The molecule has 2 rings (SSSR count). The van der Waals surface area contributed by atoms with Crippen molar-refractivity contribution in [3.05, 3.63) is 77.8 Å². The van der Waals surface area contributed by atoms with E-state index in [4.69, 9.17) is 23.2 Å². The molecule has 0 aliphatic rings. The van der Waals surface area contributed by atoms with Gasteiger partial charge in [0.2, 0.25) is 0 Å². The minimum absolute atomic E-state index is 0.0570. The Morgan fingerprint density at radius 3 is 1.44 bits per heavy atom. The van der Waals surface area contributed by atoms with Crippen LogP contribution in [0.2, 0.25) is 10.0 Å². The Balaban J connectivity index is 1.68. The lowest BCUT2D eigenvalue weighted by atomic mass is 10.1. The van der Waals surface area contributed by atoms with Crippen LogP contribution in [0.25, 0.3) is 0 Å². The van der Waals surface area contributed by atoms with Crippen molar-refractivity contribution >= 4 is 46.4 Å². The number of carbonyl (C=O) groups excluding carboxylic acids is 2. The van der Waals surface area contributed by atoms with Gasteiger partial charge in [0.25, 0.3) is 23.2 Å². The summed E-state index contributed by atoms with van der Waals surface area (Å²) < 4.78 is 0. The lowest BCUT2D eigenvalue weighted by Crippen LogP contribution is -2.26. The van der Waals surface area contributed by atoms with Crippen molar-refractivity contribution < 1.29 is 19.4 Å². The highest BCUT2D eigenvalue weighted by Crippen LogP contribution is 2.24. The molecule has 0 aliphatic heterocycles. The third-order valence-electron chi connectivity index (χ3n) is 4.48. The first-order valence-electron chi connectivity index (χ1n) is 9.65. The highest BCUT2D eigenvalue weighted by molar-refractivity contribution is 6.31. The van der Waals surface area contributed by atoms with Crippen molar-refractivity contribution in [2.75, 3.05) is 13.1 Å². The van der Waals surface area contributed by atoms with Crippen molar-refractivity contribution in [1.29, 1.82) is 0 Å². The molecule has 0 bridgehead atoms.